The van der Waals surface area contributed by atoms with Crippen molar-refractivity contribution >= 4 is 27.5 Å². The number of carbonyl (C=O) groups is 1. The molecule has 4 saturated carbocycles. The molecule has 13 fully saturated rings. The van der Waals surface area contributed by atoms with Crippen LogP contribution < -0.4 is 18.9 Å². The SMILES string of the molecule is C1CC2OC2CC1C1CCC2OC2C1.C=CCCC(C)C1CO1.C=COCC1CC2OC1CC2OC=C.C=COc1ccc2cc(C3(c4ccc5cc(OC=C)ccc5c4)c4ccccc4-c4ccccc43)ccc2c1.CC(C)(c1ccc(OCC2CO2)cc1)c1ccc(OCC2CO2)cc1.O=C(OCC1CCC2OC2C1)C1CCC2OC2C1. The number of fused-ring (bicyclic) bond motifs is 11. The molecule has 8 aromatic rings. The number of esters is 1. The standard InChI is InChI=1S/C37H26O2.C21H24O4.C14H20O4.C12H18O2.C11H16O3.C8H14O/c1-3-38-31-19-15-25-21-29(17-13-27(25)23-31)37(30-18-14-28-24-32(39-4-2)20-16-26(28)22-30)35-11-7-5-9-33(35)34-10-6-8-12-36(34)37;1-21(2,15-3-7-17(8-4-15)22-11-19-13-24-19)16-5-9-18(10-6-16)23-12-20-14-25-20;15-14(9-2-4-11-13(6-9)18-11)16-7-8-1-3-10-12(5-8)17-10;1-3-9-11(13-9)5-7(1)8-2-4-10-12(6-8)14-10;1-3-12-7-8-5-11-10(13-4-2)6-9(8)14-11;1-3-4-5-7(2)8-6-9-8/h3-24H,1-2H2;3-10,19-20H,11-14H2,1-2H3;8-13H,1-7H2;7-12H,1-6H2;3-4,8-11H,1-2,5-7H2;3,7-8H,1,4-6H2,2H3. The van der Waals surface area contributed by atoms with Crippen molar-refractivity contribution < 1.29 is 75.8 Å². The van der Waals surface area contributed by atoms with Crippen LogP contribution in [0.25, 0.3) is 32.7 Å². The lowest BCUT2D eigenvalue weighted by Gasteiger charge is -2.34. The molecular weight excluding hydrogens is 1490 g/mol. The summed E-state index contributed by atoms with van der Waals surface area (Å²) in [7, 11) is 0. The van der Waals surface area contributed by atoms with Gasteiger partial charge in [0.1, 0.15) is 54.5 Å². The number of ether oxygens (including phenoxy) is 15. The molecule has 16 nitrogen and oxygen atoms in total. The molecule has 0 radical (unpaired) electrons. The Labute approximate surface area is 702 Å². The Morgan fingerprint density at radius 2 is 0.941 bits per heavy atom. The van der Waals surface area contributed by atoms with Crippen molar-refractivity contribution in [1.29, 1.82) is 0 Å². The molecule has 9 aliphatic heterocycles. The fourth-order valence-corrected chi connectivity index (χ4v) is 19.7. The predicted molar refractivity (Wildman–Crippen MR) is 462 cm³/mol. The van der Waals surface area contributed by atoms with Crippen LogP contribution in [0.4, 0.5) is 0 Å². The summed E-state index contributed by atoms with van der Waals surface area (Å²) in [5.74, 6) is 7.12. The van der Waals surface area contributed by atoms with E-state index < -0.39 is 5.41 Å². The number of allylic oxidation sites excluding steroid dienone is 1. The van der Waals surface area contributed by atoms with Gasteiger partial charge in [-0.05, 0) is 247 Å². The van der Waals surface area contributed by atoms with Crippen LogP contribution in [0.2, 0.25) is 0 Å². The largest absolute Gasteiger partial charge is 0.501 e. The Hall–Kier alpha value is -9.07. The Morgan fingerprint density at radius 1 is 0.462 bits per heavy atom. The van der Waals surface area contributed by atoms with Crippen LogP contribution in [0.5, 0.6) is 23.0 Å². The van der Waals surface area contributed by atoms with Crippen LogP contribution in [0, 0.1) is 35.5 Å². The molecule has 0 aromatic heterocycles. The first-order valence-corrected chi connectivity index (χ1v) is 43.9. The van der Waals surface area contributed by atoms with Crippen LogP contribution in [-0.4, -0.2) is 138 Å². The molecule has 16 heteroatoms. The molecule has 0 N–H and O–H groups in total. The zero-order valence-electron chi connectivity index (χ0n) is 69.4. The van der Waals surface area contributed by atoms with Crippen molar-refractivity contribution in [2.24, 2.45) is 35.5 Å². The van der Waals surface area contributed by atoms with Crippen LogP contribution in [0.1, 0.15) is 157 Å². The average molecular weight is 1610 g/mol. The smallest absolute Gasteiger partial charge is 0.309 e. The highest BCUT2D eigenvalue weighted by molar-refractivity contribution is 5.92. The van der Waals surface area contributed by atoms with Crippen molar-refractivity contribution in [1.82, 2.24) is 0 Å². The van der Waals surface area contributed by atoms with Crippen LogP contribution in [0.15, 0.2) is 234 Å². The Bertz CT molecular complexity index is 4600. The van der Waals surface area contributed by atoms with Crippen LogP contribution >= 0.6 is 0 Å². The highest BCUT2D eigenvalue weighted by Gasteiger charge is 2.53. The lowest BCUT2D eigenvalue weighted by Crippen LogP contribution is -2.30. The highest BCUT2D eigenvalue weighted by atomic mass is 16.6. The van der Waals surface area contributed by atoms with E-state index in [4.69, 9.17) is 71.1 Å². The van der Waals surface area contributed by atoms with Gasteiger partial charge in [-0.2, -0.15) is 0 Å². The first-order valence-electron chi connectivity index (χ1n) is 43.9. The van der Waals surface area contributed by atoms with Crippen molar-refractivity contribution in [3.8, 4) is 34.1 Å². The van der Waals surface area contributed by atoms with Crippen LogP contribution in [-0.2, 0) is 67.7 Å². The fourth-order valence-electron chi connectivity index (χ4n) is 19.7. The monoisotopic (exact) mass is 1610 g/mol. The molecule has 5 aliphatic carbocycles. The minimum atomic E-state index is -0.470. The van der Waals surface area contributed by atoms with Gasteiger partial charge >= 0.3 is 5.97 Å². The predicted octanol–water partition coefficient (Wildman–Crippen LogP) is 20.6. The van der Waals surface area contributed by atoms with E-state index >= 15 is 0 Å². The number of benzene rings is 8. The lowest BCUT2D eigenvalue weighted by atomic mass is 9.67. The van der Waals surface area contributed by atoms with Crippen molar-refractivity contribution in [2.45, 2.75) is 220 Å². The van der Waals surface area contributed by atoms with E-state index in [9.17, 15) is 4.79 Å². The van der Waals surface area contributed by atoms with Crippen LogP contribution in [0.3, 0.4) is 0 Å². The number of rotatable bonds is 27. The Morgan fingerprint density at radius 3 is 1.40 bits per heavy atom. The first-order chi connectivity index (χ1) is 58.2. The third-order valence-electron chi connectivity index (χ3n) is 27.2. The van der Waals surface area contributed by atoms with E-state index in [1.165, 1.54) is 115 Å². The second-order valence-electron chi connectivity index (χ2n) is 35.4. The molecule has 9 saturated heterocycles. The fraction of sp³-hybridized carbons (Fsp3) is 0.466. The van der Waals surface area contributed by atoms with Gasteiger partial charge in [-0.15, -0.1) is 6.58 Å². The Balaban J connectivity index is 0.000000109. The first kappa shape index (κ1) is 82.3. The molecular formula is C103H118O16. The normalized spacial score (nSPS) is 30.0. The summed E-state index contributed by atoms with van der Waals surface area (Å²) in [4.78, 5) is 12.0. The summed E-state index contributed by atoms with van der Waals surface area (Å²) in [6.45, 7) is 30.0. The van der Waals surface area contributed by atoms with Crippen molar-refractivity contribution in [2.75, 3.05) is 46.2 Å². The molecule has 8 aromatic carbocycles. The van der Waals surface area contributed by atoms with Gasteiger partial charge in [0.25, 0.3) is 0 Å². The van der Waals surface area contributed by atoms with Gasteiger partial charge in [0.05, 0.1) is 137 Å². The Kier molecular flexibility index (Phi) is 25.6. The summed E-state index contributed by atoms with van der Waals surface area (Å²) >= 11 is 0. The lowest BCUT2D eigenvalue weighted by molar-refractivity contribution is -0.151. The third kappa shape index (κ3) is 19.9. The number of hydrogen-bond donors (Lipinski definition) is 0. The van der Waals surface area contributed by atoms with Gasteiger partial charge in [0.2, 0.25) is 0 Å². The summed E-state index contributed by atoms with van der Waals surface area (Å²) in [6, 6.07) is 60.3. The molecule has 9 heterocycles. The number of epoxide rings is 7. The molecule has 20 atom stereocenters. The van der Waals surface area contributed by atoms with Gasteiger partial charge in [-0.1, -0.05) is 162 Å². The zero-order chi connectivity index (χ0) is 81.6. The van der Waals surface area contributed by atoms with Gasteiger partial charge in [0.15, 0.2) is 0 Å². The zero-order valence-corrected chi connectivity index (χ0v) is 69.4. The maximum absolute atomic E-state index is 12.0. The molecule has 119 heavy (non-hydrogen) atoms. The molecule has 20 unspecified atom stereocenters. The van der Waals surface area contributed by atoms with E-state index in [1.54, 1.807) is 0 Å². The van der Waals surface area contributed by atoms with E-state index in [0.717, 1.165) is 140 Å². The second-order valence-corrected chi connectivity index (χ2v) is 35.4. The molecule has 0 amide bonds. The van der Waals surface area contributed by atoms with E-state index in [-0.39, 0.29) is 41.7 Å². The van der Waals surface area contributed by atoms with Crippen molar-refractivity contribution in [3.05, 3.63) is 267 Å². The van der Waals surface area contributed by atoms with Crippen molar-refractivity contribution in [3.63, 3.8) is 0 Å². The maximum Gasteiger partial charge on any atom is 0.309 e. The summed E-state index contributed by atoms with van der Waals surface area (Å²) < 4.78 is 82.0. The summed E-state index contributed by atoms with van der Waals surface area (Å²) in [6.07, 6.45) is 33.0. The quantitative estimate of drug-likeness (QED) is 0.0205. The third-order valence-corrected chi connectivity index (χ3v) is 27.2. The average Bonchev–Trinajstić information content (AvgIpc) is 1.54. The highest BCUT2D eigenvalue weighted by Crippen LogP contribution is 2.57. The van der Waals surface area contributed by atoms with Gasteiger partial charge in [-0.25, -0.2) is 0 Å². The van der Waals surface area contributed by atoms with E-state index in [2.05, 4.69) is 187 Å². The van der Waals surface area contributed by atoms with E-state index in [1.807, 2.05) is 42.5 Å². The van der Waals surface area contributed by atoms with Gasteiger partial charge in [0, 0.05) is 17.8 Å². The maximum atomic E-state index is 12.0. The number of carbonyl (C=O) groups excluding carboxylic acids is 1. The summed E-state index contributed by atoms with van der Waals surface area (Å²) in [5, 5.41) is 4.58. The van der Waals surface area contributed by atoms with Gasteiger partial charge in [-0.3, -0.25) is 4.79 Å². The topological polar surface area (TPSA) is 179 Å². The minimum Gasteiger partial charge on any atom is -0.501 e. The minimum absolute atomic E-state index is 0.00258. The molecule has 0 spiro atoms. The summed E-state index contributed by atoms with van der Waals surface area (Å²) in [5.41, 5.74) is 9.55. The number of hydrogen-bond acceptors (Lipinski definition) is 16. The molecule has 626 valence electrons. The second kappa shape index (κ2) is 37.1. The molecule has 14 aliphatic rings. The molecule has 22 rings (SSSR count). The molecule has 2 bridgehead atoms. The van der Waals surface area contributed by atoms with Gasteiger partial charge < -0.3 is 71.1 Å². The van der Waals surface area contributed by atoms with E-state index in [0.29, 0.717) is 99.3 Å².